The van der Waals surface area contributed by atoms with Gasteiger partial charge in [-0.15, -0.1) is 0 Å². The molecule has 2 rings (SSSR count). The minimum absolute atomic E-state index is 0.230. The minimum atomic E-state index is -1.54. The second-order valence-corrected chi connectivity index (χ2v) is 4.57. The van der Waals surface area contributed by atoms with Crippen LogP contribution < -0.4 is 0 Å². The second-order valence-electron chi connectivity index (χ2n) is 4.19. The third-order valence-corrected chi connectivity index (χ3v) is 3.27. The summed E-state index contributed by atoms with van der Waals surface area (Å²) in [5.74, 6) is -5.07. The number of ketones is 1. The van der Waals surface area contributed by atoms with Crippen molar-refractivity contribution in [2.45, 2.75) is 5.92 Å². The summed E-state index contributed by atoms with van der Waals surface area (Å²) in [6, 6.07) is 7.68. The van der Waals surface area contributed by atoms with E-state index in [1.165, 1.54) is 12.1 Å². The third kappa shape index (κ3) is 2.91. The van der Waals surface area contributed by atoms with Crippen molar-refractivity contribution in [2.75, 3.05) is 0 Å². The average Bonchev–Trinajstić information content (AvgIpc) is 2.44. The molecule has 6 heteroatoms. The summed E-state index contributed by atoms with van der Waals surface area (Å²) in [5.41, 5.74) is -0.517. The topological polar surface area (TPSA) is 40.9 Å². The van der Waals surface area contributed by atoms with Gasteiger partial charge in [-0.2, -0.15) is 5.26 Å². The van der Waals surface area contributed by atoms with Crippen molar-refractivity contribution in [3.8, 4) is 6.07 Å². The van der Waals surface area contributed by atoms with Gasteiger partial charge in [-0.25, -0.2) is 13.2 Å². The van der Waals surface area contributed by atoms with Crippen LogP contribution in [-0.2, 0) is 0 Å². The van der Waals surface area contributed by atoms with E-state index in [4.69, 9.17) is 16.9 Å². The van der Waals surface area contributed by atoms with Crippen LogP contribution in [0, 0.1) is 28.8 Å². The van der Waals surface area contributed by atoms with Crippen LogP contribution in [0.3, 0.4) is 0 Å². The average molecular weight is 310 g/mol. The Hall–Kier alpha value is -2.32. The molecule has 21 heavy (non-hydrogen) atoms. The summed E-state index contributed by atoms with van der Waals surface area (Å²) < 4.78 is 39.9. The lowest BCUT2D eigenvalue weighted by Gasteiger charge is -2.11. The Morgan fingerprint density at radius 1 is 1.14 bits per heavy atom. The summed E-state index contributed by atoms with van der Waals surface area (Å²) in [4.78, 5) is 12.3. The van der Waals surface area contributed by atoms with Crippen LogP contribution in [0.1, 0.15) is 21.8 Å². The molecular weight excluding hydrogens is 303 g/mol. The maximum absolute atomic E-state index is 13.7. The predicted octanol–water partition coefficient (Wildman–Crippen LogP) is 4.25. The van der Waals surface area contributed by atoms with Gasteiger partial charge in [0.15, 0.2) is 5.78 Å². The van der Waals surface area contributed by atoms with Crippen molar-refractivity contribution < 1.29 is 18.0 Å². The van der Waals surface area contributed by atoms with E-state index in [0.29, 0.717) is 6.07 Å². The van der Waals surface area contributed by atoms with Gasteiger partial charge in [0.05, 0.1) is 11.1 Å². The highest BCUT2D eigenvalue weighted by Crippen LogP contribution is 2.28. The van der Waals surface area contributed by atoms with Gasteiger partial charge >= 0.3 is 0 Å². The molecule has 0 radical (unpaired) electrons. The van der Waals surface area contributed by atoms with Crippen molar-refractivity contribution in [3.05, 3.63) is 70.0 Å². The number of rotatable bonds is 3. The third-order valence-electron chi connectivity index (χ3n) is 2.88. The highest BCUT2D eigenvalue weighted by Gasteiger charge is 2.27. The molecular formula is C15H7ClF3NO. The van der Waals surface area contributed by atoms with Gasteiger partial charge in [0.2, 0.25) is 0 Å². The van der Waals surface area contributed by atoms with Crippen molar-refractivity contribution in [2.24, 2.45) is 0 Å². The van der Waals surface area contributed by atoms with Gasteiger partial charge in [0, 0.05) is 17.2 Å². The number of halogens is 4. The number of nitriles is 1. The van der Waals surface area contributed by atoms with Crippen LogP contribution in [0.25, 0.3) is 0 Å². The SMILES string of the molecule is N#CC(C(=O)c1cccc(F)c1Cl)c1ccc(F)cc1F. The highest BCUT2D eigenvalue weighted by molar-refractivity contribution is 6.34. The Kier molecular flexibility index (Phi) is 4.29. The van der Waals surface area contributed by atoms with E-state index in [-0.39, 0.29) is 11.1 Å². The molecule has 0 saturated heterocycles. The molecule has 2 aromatic rings. The fraction of sp³-hybridized carbons (Fsp3) is 0.0667. The molecule has 0 aliphatic carbocycles. The molecule has 1 atom stereocenters. The summed E-state index contributed by atoms with van der Waals surface area (Å²) in [7, 11) is 0. The molecule has 0 heterocycles. The maximum atomic E-state index is 13.7. The van der Waals surface area contributed by atoms with Crippen molar-refractivity contribution in [1.29, 1.82) is 5.26 Å². The molecule has 0 bridgehead atoms. The molecule has 0 spiro atoms. The normalized spacial score (nSPS) is 11.8. The molecule has 2 nitrogen and oxygen atoms in total. The van der Waals surface area contributed by atoms with Gasteiger partial charge in [0.25, 0.3) is 0 Å². The quantitative estimate of drug-likeness (QED) is 0.795. The van der Waals surface area contributed by atoms with Gasteiger partial charge in [-0.3, -0.25) is 4.79 Å². The Morgan fingerprint density at radius 2 is 1.86 bits per heavy atom. The number of Topliss-reactive ketones (excluding diaryl/α,β-unsaturated/α-hetero) is 1. The number of hydrogen-bond acceptors (Lipinski definition) is 2. The molecule has 0 fully saturated rings. The fourth-order valence-corrected chi connectivity index (χ4v) is 2.07. The minimum Gasteiger partial charge on any atom is -0.292 e. The van der Waals surface area contributed by atoms with Crippen LogP contribution in [0.2, 0.25) is 5.02 Å². The van der Waals surface area contributed by atoms with E-state index >= 15 is 0 Å². The van der Waals surface area contributed by atoms with Crippen molar-refractivity contribution >= 4 is 17.4 Å². The van der Waals surface area contributed by atoms with Crippen molar-refractivity contribution in [1.82, 2.24) is 0 Å². The van der Waals surface area contributed by atoms with Gasteiger partial charge in [-0.1, -0.05) is 23.7 Å². The smallest absolute Gasteiger partial charge is 0.186 e. The van der Waals surface area contributed by atoms with E-state index < -0.39 is 34.2 Å². The van der Waals surface area contributed by atoms with Crippen LogP contribution in [-0.4, -0.2) is 5.78 Å². The van der Waals surface area contributed by atoms with Crippen LogP contribution in [0.5, 0.6) is 0 Å². The van der Waals surface area contributed by atoms with E-state index in [9.17, 15) is 18.0 Å². The van der Waals surface area contributed by atoms with Gasteiger partial charge < -0.3 is 0 Å². The molecule has 1 unspecified atom stereocenters. The lowest BCUT2D eigenvalue weighted by atomic mass is 9.91. The standard InChI is InChI=1S/C15H7ClF3NO/c16-14-10(2-1-3-12(14)18)15(21)11(7-20)9-5-4-8(17)6-13(9)19/h1-6,11H. The van der Waals surface area contributed by atoms with E-state index in [1.54, 1.807) is 6.07 Å². The summed E-state index contributed by atoms with van der Waals surface area (Å²) in [6.45, 7) is 0. The first-order chi connectivity index (χ1) is 9.95. The van der Waals surface area contributed by atoms with E-state index in [2.05, 4.69) is 0 Å². The monoisotopic (exact) mass is 309 g/mol. The predicted molar refractivity (Wildman–Crippen MR) is 70.5 cm³/mol. The summed E-state index contributed by atoms with van der Waals surface area (Å²) in [6.07, 6.45) is 0. The Bertz CT molecular complexity index is 755. The first kappa shape index (κ1) is 15.1. The fourth-order valence-electron chi connectivity index (χ4n) is 1.85. The Morgan fingerprint density at radius 3 is 2.48 bits per heavy atom. The van der Waals surface area contributed by atoms with Crippen LogP contribution >= 0.6 is 11.6 Å². The van der Waals surface area contributed by atoms with Crippen LogP contribution in [0.15, 0.2) is 36.4 Å². The lowest BCUT2D eigenvalue weighted by molar-refractivity contribution is 0.0977. The van der Waals surface area contributed by atoms with Gasteiger partial charge in [0.1, 0.15) is 23.4 Å². The largest absolute Gasteiger partial charge is 0.292 e. The van der Waals surface area contributed by atoms with E-state index in [0.717, 1.165) is 18.2 Å². The lowest BCUT2D eigenvalue weighted by Crippen LogP contribution is -2.14. The molecule has 0 aliphatic heterocycles. The molecule has 0 saturated carbocycles. The maximum Gasteiger partial charge on any atom is 0.186 e. The summed E-state index contributed by atoms with van der Waals surface area (Å²) >= 11 is 5.68. The number of hydrogen-bond donors (Lipinski definition) is 0. The molecule has 0 amide bonds. The molecule has 2 aromatic carbocycles. The zero-order chi connectivity index (χ0) is 15.6. The summed E-state index contributed by atoms with van der Waals surface area (Å²) in [5, 5.41) is 8.66. The first-order valence-corrected chi connectivity index (χ1v) is 6.16. The number of nitrogens with zero attached hydrogens (tertiary/aromatic N) is 1. The Balaban J connectivity index is 2.49. The number of benzene rings is 2. The first-order valence-electron chi connectivity index (χ1n) is 5.78. The van der Waals surface area contributed by atoms with Crippen LogP contribution in [0.4, 0.5) is 13.2 Å². The van der Waals surface area contributed by atoms with Gasteiger partial charge in [-0.05, 0) is 18.2 Å². The molecule has 0 N–H and O–H groups in total. The Labute approximate surface area is 123 Å². The number of carbonyl (C=O) groups excluding carboxylic acids is 1. The molecule has 106 valence electrons. The molecule has 0 aromatic heterocycles. The van der Waals surface area contributed by atoms with Crippen molar-refractivity contribution in [3.63, 3.8) is 0 Å². The molecule has 0 aliphatic rings. The zero-order valence-electron chi connectivity index (χ0n) is 10.4. The highest BCUT2D eigenvalue weighted by atomic mass is 35.5. The van der Waals surface area contributed by atoms with E-state index in [1.807, 2.05) is 0 Å². The second kappa shape index (κ2) is 5.98. The zero-order valence-corrected chi connectivity index (χ0v) is 11.2. The number of carbonyl (C=O) groups is 1.